The summed E-state index contributed by atoms with van der Waals surface area (Å²) in [5, 5.41) is 19.4. The summed E-state index contributed by atoms with van der Waals surface area (Å²) in [7, 11) is 0. The van der Waals surface area contributed by atoms with Gasteiger partial charge in [0, 0.05) is 17.8 Å². The summed E-state index contributed by atoms with van der Waals surface area (Å²) in [6.07, 6.45) is 14.2. The van der Waals surface area contributed by atoms with Crippen LogP contribution in [0.4, 0.5) is 0 Å². The third-order valence-electron chi connectivity index (χ3n) is 4.68. The van der Waals surface area contributed by atoms with Gasteiger partial charge in [-0.3, -0.25) is 0 Å². The van der Waals surface area contributed by atoms with E-state index in [1.807, 2.05) is 24.3 Å². The lowest BCUT2D eigenvalue weighted by atomic mass is 9.76. The normalized spacial score (nSPS) is 31.9. The minimum atomic E-state index is -1.03. The predicted octanol–water partition coefficient (Wildman–Crippen LogP) is 3.84. The topological polar surface area (TPSA) is 47.6 Å². The summed E-state index contributed by atoms with van der Waals surface area (Å²) in [5.41, 5.74) is 2.48. The van der Waals surface area contributed by atoms with Crippen molar-refractivity contribution in [2.24, 2.45) is 23.2 Å². The second-order valence-corrected chi connectivity index (χ2v) is 5.82. The molecule has 0 aromatic carbocycles. The predicted molar refractivity (Wildman–Crippen MR) is 78.0 cm³/mol. The molecule has 3 aliphatic rings. The van der Waals surface area contributed by atoms with E-state index in [0.29, 0.717) is 0 Å². The summed E-state index contributed by atoms with van der Waals surface area (Å²) in [6, 6.07) is 4.63. The molecule has 3 atom stereocenters. The van der Waals surface area contributed by atoms with Gasteiger partial charge >= 0.3 is 0 Å². The van der Waals surface area contributed by atoms with Gasteiger partial charge in [0.2, 0.25) is 0 Å². The van der Waals surface area contributed by atoms with Gasteiger partial charge in [0.15, 0.2) is 5.41 Å². The third kappa shape index (κ3) is 1.43. The van der Waals surface area contributed by atoms with E-state index in [1.54, 1.807) is 0 Å². The zero-order valence-electron chi connectivity index (χ0n) is 11.7. The van der Waals surface area contributed by atoms with Gasteiger partial charge in [-0.25, -0.2) is 0 Å². The lowest BCUT2D eigenvalue weighted by Gasteiger charge is -2.20. The molecule has 3 aliphatic carbocycles. The quantitative estimate of drug-likeness (QED) is 0.664. The van der Waals surface area contributed by atoms with E-state index in [-0.39, 0.29) is 17.8 Å². The molecule has 0 saturated heterocycles. The van der Waals surface area contributed by atoms with Gasteiger partial charge in [-0.1, -0.05) is 48.1 Å². The number of allylic oxidation sites excluding steroid dienone is 10. The Morgan fingerprint density at radius 1 is 1.10 bits per heavy atom. The number of hydrogen-bond donors (Lipinski definition) is 0. The molecule has 2 heteroatoms. The van der Waals surface area contributed by atoms with Crippen molar-refractivity contribution >= 4 is 0 Å². The average molecular weight is 260 g/mol. The summed E-state index contributed by atoms with van der Waals surface area (Å²) in [6.45, 7) is 4.20. The molecule has 0 aromatic heterocycles. The Hall–Kier alpha value is -2.32. The van der Waals surface area contributed by atoms with Crippen molar-refractivity contribution in [2.45, 2.75) is 13.8 Å². The first-order valence-corrected chi connectivity index (χ1v) is 6.89. The van der Waals surface area contributed by atoms with E-state index in [1.165, 1.54) is 11.1 Å². The maximum absolute atomic E-state index is 9.71. The van der Waals surface area contributed by atoms with Gasteiger partial charge in [0.1, 0.15) is 0 Å². The minimum absolute atomic E-state index is 0.0326. The molecule has 3 unspecified atom stereocenters. The average Bonchev–Trinajstić information content (AvgIpc) is 2.87. The second kappa shape index (κ2) is 4.36. The van der Waals surface area contributed by atoms with Crippen LogP contribution in [-0.2, 0) is 0 Å². The molecule has 0 bridgehead atoms. The first-order chi connectivity index (χ1) is 9.65. The van der Waals surface area contributed by atoms with Crippen molar-refractivity contribution in [2.75, 3.05) is 0 Å². The van der Waals surface area contributed by atoms with Crippen molar-refractivity contribution in [1.29, 1.82) is 10.5 Å². The van der Waals surface area contributed by atoms with E-state index in [4.69, 9.17) is 0 Å². The van der Waals surface area contributed by atoms with E-state index in [9.17, 15) is 10.5 Å². The third-order valence-corrected chi connectivity index (χ3v) is 4.68. The first-order valence-electron chi connectivity index (χ1n) is 6.89. The zero-order chi connectivity index (χ0) is 14.3. The summed E-state index contributed by atoms with van der Waals surface area (Å²) >= 11 is 0. The van der Waals surface area contributed by atoms with Gasteiger partial charge < -0.3 is 0 Å². The van der Waals surface area contributed by atoms with Crippen LogP contribution in [0.2, 0.25) is 0 Å². The lowest BCUT2D eigenvalue weighted by Crippen LogP contribution is -2.23. The fourth-order valence-electron chi connectivity index (χ4n) is 3.79. The molecule has 0 N–H and O–H groups in total. The van der Waals surface area contributed by atoms with Gasteiger partial charge in [-0.05, 0) is 25.0 Å². The summed E-state index contributed by atoms with van der Waals surface area (Å²) < 4.78 is 0. The fourth-order valence-corrected chi connectivity index (χ4v) is 3.79. The highest BCUT2D eigenvalue weighted by Crippen LogP contribution is 2.60. The van der Waals surface area contributed by atoms with Crippen LogP contribution in [0, 0.1) is 45.8 Å². The SMILES string of the molecule is CC(C)=C1C=CC2C1C1C=CC=CC=C1C2(C#N)C#N. The molecule has 0 radical (unpaired) electrons. The van der Waals surface area contributed by atoms with Crippen LogP contribution >= 0.6 is 0 Å². The Kier molecular flexibility index (Phi) is 2.77. The van der Waals surface area contributed by atoms with Crippen LogP contribution in [0.1, 0.15) is 13.8 Å². The number of nitriles is 2. The number of fused-ring (bicyclic) bond motifs is 3. The Morgan fingerprint density at radius 2 is 1.85 bits per heavy atom. The summed E-state index contributed by atoms with van der Waals surface area (Å²) in [5.74, 6) is 0.339. The monoisotopic (exact) mass is 260 g/mol. The molecule has 98 valence electrons. The smallest absolute Gasteiger partial charge is 0.172 e. The van der Waals surface area contributed by atoms with Crippen molar-refractivity contribution in [3.63, 3.8) is 0 Å². The van der Waals surface area contributed by atoms with Crippen LogP contribution in [-0.4, -0.2) is 0 Å². The van der Waals surface area contributed by atoms with E-state index < -0.39 is 5.41 Å². The Bertz CT molecular complexity index is 668. The van der Waals surface area contributed by atoms with Crippen LogP contribution in [0.3, 0.4) is 0 Å². The van der Waals surface area contributed by atoms with Crippen molar-refractivity contribution < 1.29 is 0 Å². The fraction of sp³-hybridized carbons (Fsp3) is 0.333. The van der Waals surface area contributed by atoms with Crippen LogP contribution in [0.15, 0.2) is 59.3 Å². The van der Waals surface area contributed by atoms with Gasteiger partial charge in [0.25, 0.3) is 0 Å². The molecule has 2 nitrogen and oxygen atoms in total. The molecule has 0 amide bonds. The minimum Gasteiger partial charge on any atom is -0.196 e. The maximum atomic E-state index is 9.71. The molecule has 0 heterocycles. The van der Waals surface area contributed by atoms with Gasteiger partial charge in [-0.15, -0.1) is 0 Å². The second-order valence-electron chi connectivity index (χ2n) is 5.82. The zero-order valence-corrected chi connectivity index (χ0v) is 11.7. The highest BCUT2D eigenvalue weighted by Gasteiger charge is 2.58. The number of nitrogens with zero attached hydrogens (tertiary/aromatic N) is 2. The van der Waals surface area contributed by atoms with Crippen molar-refractivity contribution in [3.05, 3.63) is 59.3 Å². The van der Waals surface area contributed by atoms with Crippen LogP contribution in [0.25, 0.3) is 0 Å². The molecule has 0 spiro atoms. The maximum Gasteiger partial charge on any atom is 0.172 e. The molecule has 1 saturated carbocycles. The van der Waals surface area contributed by atoms with Crippen molar-refractivity contribution in [1.82, 2.24) is 0 Å². The Morgan fingerprint density at radius 3 is 2.50 bits per heavy atom. The van der Waals surface area contributed by atoms with Gasteiger partial charge in [0.05, 0.1) is 12.1 Å². The molecular formula is C18H16N2. The van der Waals surface area contributed by atoms with Crippen LogP contribution in [0.5, 0.6) is 0 Å². The number of hydrogen-bond acceptors (Lipinski definition) is 2. The largest absolute Gasteiger partial charge is 0.196 e. The molecule has 3 rings (SSSR count). The highest BCUT2D eigenvalue weighted by atomic mass is 14.6. The molecule has 0 aromatic rings. The molecule has 20 heavy (non-hydrogen) atoms. The molecular weight excluding hydrogens is 244 g/mol. The molecule has 1 fully saturated rings. The Balaban J connectivity index is 2.26. The lowest BCUT2D eigenvalue weighted by molar-refractivity contribution is 0.424. The van der Waals surface area contributed by atoms with E-state index >= 15 is 0 Å². The number of rotatable bonds is 0. The molecule has 0 aliphatic heterocycles. The highest BCUT2D eigenvalue weighted by molar-refractivity contribution is 5.54. The van der Waals surface area contributed by atoms with Crippen molar-refractivity contribution in [3.8, 4) is 12.1 Å². The van der Waals surface area contributed by atoms with E-state index in [2.05, 4.69) is 44.2 Å². The standard InChI is InChI=1S/C18H16N2/c1-12(2)13-8-9-16-17(13)14-6-4-3-5-7-15(14)18(16,10-19)11-20/h3-9,14,16-17H,1-2H3. The van der Waals surface area contributed by atoms with E-state index in [0.717, 1.165) is 5.57 Å². The Labute approximate surface area is 119 Å². The van der Waals surface area contributed by atoms with Crippen LogP contribution < -0.4 is 0 Å². The first kappa shape index (κ1) is 12.7. The summed E-state index contributed by atoms with van der Waals surface area (Å²) in [4.78, 5) is 0. The van der Waals surface area contributed by atoms with Gasteiger partial charge in [-0.2, -0.15) is 10.5 Å².